The van der Waals surface area contributed by atoms with Crippen LogP contribution in [-0.2, 0) is 0 Å². The summed E-state index contributed by atoms with van der Waals surface area (Å²) in [6.07, 6.45) is 0.0142. The van der Waals surface area contributed by atoms with Crippen molar-refractivity contribution < 1.29 is 9.34 Å². The third-order valence-electron chi connectivity index (χ3n) is 4.05. The third kappa shape index (κ3) is 2.48. The van der Waals surface area contributed by atoms with E-state index in [4.69, 9.17) is 4.42 Å². The van der Waals surface area contributed by atoms with Crippen molar-refractivity contribution in [1.29, 1.82) is 0 Å². The minimum absolute atomic E-state index is 0.0142. The number of benzene rings is 2. The Bertz CT molecular complexity index is 882. The molecule has 0 bridgehead atoms. The average Bonchev–Trinajstić information content (AvgIpc) is 3.23. The van der Waals surface area contributed by atoms with Crippen LogP contribution in [0.25, 0.3) is 22.1 Å². The number of nitro benzene ring substituents is 1. The molecule has 2 heterocycles. The lowest BCUT2D eigenvalue weighted by molar-refractivity contribution is -0.384. The molecule has 2 aromatic carbocycles. The molecule has 2 N–H and O–H groups in total. The first-order chi connectivity index (χ1) is 11.2. The van der Waals surface area contributed by atoms with Crippen LogP contribution in [-0.4, -0.2) is 18.0 Å². The standard InChI is InChI=1S/C17H15N3O3/c21-20(22)12-4-1-3-11(9-12)13-5-2-6-15-14(13)10-16(23-15)17-18-7-8-19-17/h1-6,9-10,17-19H,7-8H2. The molecule has 1 aliphatic heterocycles. The van der Waals surface area contributed by atoms with Crippen molar-refractivity contribution >= 4 is 16.7 Å². The van der Waals surface area contributed by atoms with E-state index in [1.165, 1.54) is 6.07 Å². The fourth-order valence-electron chi connectivity index (χ4n) is 2.97. The molecular formula is C17H15N3O3. The number of fused-ring (bicyclic) bond motifs is 1. The molecule has 3 aromatic rings. The van der Waals surface area contributed by atoms with Gasteiger partial charge in [0.15, 0.2) is 0 Å². The molecule has 1 aromatic heterocycles. The van der Waals surface area contributed by atoms with Crippen LogP contribution in [0.2, 0.25) is 0 Å². The molecule has 23 heavy (non-hydrogen) atoms. The molecule has 1 fully saturated rings. The second kappa shape index (κ2) is 5.49. The normalized spacial score (nSPS) is 15.3. The fraction of sp³-hybridized carbons (Fsp3) is 0.176. The van der Waals surface area contributed by atoms with E-state index in [0.717, 1.165) is 40.9 Å². The van der Waals surface area contributed by atoms with E-state index in [1.807, 2.05) is 30.3 Å². The van der Waals surface area contributed by atoms with Crippen LogP contribution in [0.5, 0.6) is 0 Å². The fourth-order valence-corrected chi connectivity index (χ4v) is 2.97. The summed E-state index contributed by atoms with van der Waals surface area (Å²) in [5.41, 5.74) is 2.60. The monoisotopic (exact) mass is 309 g/mol. The van der Waals surface area contributed by atoms with E-state index in [1.54, 1.807) is 12.1 Å². The Morgan fingerprint density at radius 1 is 1.09 bits per heavy atom. The molecule has 1 aliphatic rings. The quantitative estimate of drug-likeness (QED) is 0.573. The van der Waals surface area contributed by atoms with Crippen molar-refractivity contribution in [2.75, 3.05) is 13.1 Å². The zero-order valence-electron chi connectivity index (χ0n) is 12.3. The van der Waals surface area contributed by atoms with Gasteiger partial charge in [-0.3, -0.25) is 20.7 Å². The van der Waals surface area contributed by atoms with Crippen LogP contribution >= 0.6 is 0 Å². The smallest absolute Gasteiger partial charge is 0.270 e. The zero-order valence-corrected chi connectivity index (χ0v) is 12.3. The summed E-state index contributed by atoms with van der Waals surface area (Å²) < 4.78 is 5.93. The summed E-state index contributed by atoms with van der Waals surface area (Å²) in [4.78, 5) is 10.6. The Kier molecular flexibility index (Phi) is 3.33. The van der Waals surface area contributed by atoms with Gasteiger partial charge in [-0.25, -0.2) is 0 Å². The van der Waals surface area contributed by atoms with E-state index < -0.39 is 0 Å². The average molecular weight is 309 g/mol. The lowest BCUT2D eigenvalue weighted by atomic mass is 10.0. The molecule has 0 spiro atoms. The van der Waals surface area contributed by atoms with Crippen molar-refractivity contribution in [2.24, 2.45) is 0 Å². The first kappa shape index (κ1) is 13.9. The number of hydrogen-bond donors (Lipinski definition) is 2. The summed E-state index contributed by atoms with van der Waals surface area (Å²) in [5, 5.41) is 18.6. The lowest BCUT2D eigenvalue weighted by Crippen LogP contribution is -2.20. The lowest BCUT2D eigenvalue weighted by Gasteiger charge is -2.05. The van der Waals surface area contributed by atoms with Crippen molar-refractivity contribution in [2.45, 2.75) is 6.17 Å². The molecule has 6 nitrogen and oxygen atoms in total. The molecule has 0 amide bonds. The van der Waals surface area contributed by atoms with E-state index in [0.29, 0.717) is 0 Å². The molecule has 6 heteroatoms. The number of furan rings is 1. The van der Waals surface area contributed by atoms with Gasteiger partial charge in [-0.2, -0.15) is 0 Å². The highest BCUT2D eigenvalue weighted by Crippen LogP contribution is 2.33. The van der Waals surface area contributed by atoms with E-state index >= 15 is 0 Å². The third-order valence-corrected chi connectivity index (χ3v) is 4.05. The zero-order chi connectivity index (χ0) is 15.8. The Morgan fingerprint density at radius 3 is 2.65 bits per heavy atom. The maximum Gasteiger partial charge on any atom is 0.270 e. The Hall–Kier alpha value is -2.70. The van der Waals surface area contributed by atoms with Gasteiger partial charge in [0, 0.05) is 30.6 Å². The van der Waals surface area contributed by atoms with Crippen LogP contribution in [0.3, 0.4) is 0 Å². The van der Waals surface area contributed by atoms with Gasteiger partial charge in [0.25, 0.3) is 5.69 Å². The minimum Gasteiger partial charge on any atom is -0.458 e. The van der Waals surface area contributed by atoms with Crippen molar-refractivity contribution in [3.8, 4) is 11.1 Å². The Balaban J connectivity index is 1.83. The van der Waals surface area contributed by atoms with Crippen LogP contribution in [0.4, 0.5) is 5.69 Å². The van der Waals surface area contributed by atoms with Gasteiger partial charge in [-0.1, -0.05) is 24.3 Å². The second-order valence-electron chi connectivity index (χ2n) is 5.51. The van der Waals surface area contributed by atoms with Crippen LogP contribution < -0.4 is 10.6 Å². The summed E-state index contributed by atoms with van der Waals surface area (Å²) in [5.74, 6) is 0.829. The number of hydrogen-bond acceptors (Lipinski definition) is 5. The van der Waals surface area contributed by atoms with Gasteiger partial charge in [-0.05, 0) is 23.3 Å². The van der Waals surface area contributed by atoms with E-state index in [-0.39, 0.29) is 16.8 Å². The Morgan fingerprint density at radius 2 is 1.87 bits per heavy atom. The topological polar surface area (TPSA) is 80.3 Å². The number of nitro groups is 1. The summed E-state index contributed by atoms with van der Waals surface area (Å²) in [6, 6.07) is 14.4. The second-order valence-corrected chi connectivity index (χ2v) is 5.51. The van der Waals surface area contributed by atoms with Gasteiger partial charge in [0.1, 0.15) is 17.5 Å². The van der Waals surface area contributed by atoms with Gasteiger partial charge >= 0.3 is 0 Å². The van der Waals surface area contributed by atoms with Crippen molar-refractivity contribution in [1.82, 2.24) is 10.6 Å². The van der Waals surface area contributed by atoms with Crippen LogP contribution in [0.15, 0.2) is 52.9 Å². The maximum atomic E-state index is 11.0. The number of nitrogens with one attached hydrogen (secondary N) is 2. The maximum absolute atomic E-state index is 11.0. The minimum atomic E-state index is -0.378. The molecule has 0 aliphatic carbocycles. The molecule has 0 unspecified atom stereocenters. The molecule has 0 saturated carbocycles. The summed E-state index contributed by atoms with van der Waals surface area (Å²) >= 11 is 0. The Labute approximate surface area is 132 Å². The highest BCUT2D eigenvalue weighted by Gasteiger charge is 2.20. The molecule has 0 radical (unpaired) electrons. The molecular weight excluding hydrogens is 294 g/mol. The predicted octanol–water partition coefficient (Wildman–Crippen LogP) is 3.20. The van der Waals surface area contributed by atoms with Crippen molar-refractivity contribution in [3.05, 3.63) is 64.4 Å². The first-order valence-corrected chi connectivity index (χ1v) is 7.46. The van der Waals surface area contributed by atoms with Gasteiger partial charge < -0.3 is 4.42 Å². The molecule has 1 saturated heterocycles. The van der Waals surface area contributed by atoms with Crippen LogP contribution in [0, 0.1) is 10.1 Å². The highest BCUT2D eigenvalue weighted by molar-refractivity contribution is 5.94. The first-order valence-electron chi connectivity index (χ1n) is 7.46. The molecule has 116 valence electrons. The SMILES string of the molecule is O=[N+]([O-])c1cccc(-c2cccc3oc(C4NCCN4)cc23)c1. The summed E-state index contributed by atoms with van der Waals surface area (Å²) in [6.45, 7) is 1.80. The van der Waals surface area contributed by atoms with E-state index in [2.05, 4.69) is 10.6 Å². The van der Waals surface area contributed by atoms with Crippen molar-refractivity contribution in [3.63, 3.8) is 0 Å². The predicted molar refractivity (Wildman–Crippen MR) is 87.1 cm³/mol. The van der Waals surface area contributed by atoms with Gasteiger partial charge in [0.2, 0.25) is 0 Å². The van der Waals surface area contributed by atoms with Gasteiger partial charge in [-0.15, -0.1) is 0 Å². The van der Waals surface area contributed by atoms with Crippen LogP contribution in [0.1, 0.15) is 11.9 Å². The van der Waals surface area contributed by atoms with E-state index in [9.17, 15) is 10.1 Å². The highest BCUT2D eigenvalue weighted by atomic mass is 16.6. The molecule has 4 rings (SSSR count). The largest absolute Gasteiger partial charge is 0.458 e. The number of nitrogens with zero attached hydrogens (tertiary/aromatic N) is 1. The summed E-state index contributed by atoms with van der Waals surface area (Å²) in [7, 11) is 0. The number of non-ortho nitro benzene ring substituents is 1. The van der Waals surface area contributed by atoms with Gasteiger partial charge in [0.05, 0.1) is 4.92 Å². The molecule has 0 atom stereocenters. The number of rotatable bonds is 3.